The summed E-state index contributed by atoms with van der Waals surface area (Å²) in [6.45, 7) is 0.700. The highest BCUT2D eigenvalue weighted by atomic mass is 35.5. The van der Waals surface area contributed by atoms with Crippen molar-refractivity contribution in [2.24, 2.45) is 5.92 Å². The molecule has 1 aromatic carbocycles. The predicted octanol–water partition coefficient (Wildman–Crippen LogP) is 1.43. The average molecular weight is 385 g/mol. The molecule has 0 saturated carbocycles. The molecule has 0 aromatic heterocycles. The van der Waals surface area contributed by atoms with Gasteiger partial charge in [0.1, 0.15) is 10.7 Å². The van der Waals surface area contributed by atoms with Gasteiger partial charge in [-0.15, -0.1) is 0 Å². The molecule has 1 heterocycles. The van der Waals surface area contributed by atoms with Crippen molar-refractivity contribution in [3.8, 4) is 0 Å². The van der Waals surface area contributed by atoms with Gasteiger partial charge in [-0.1, -0.05) is 11.6 Å². The summed E-state index contributed by atoms with van der Waals surface area (Å²) in [4.78, 5) is -0.141. The molecule has 6 nitrogen and oxygen atoms in total. The number of rotatable bonds is 5. The highest BCUT2D eigenvalue weighted by molar-refractivity contribution is 7.89. The third kappa shape index (κ3) is 4.87. The highest BCUT2D eigenvalue weighted by Crippen LogP contribution is 2.28. The molecule has 1 N–H and O–H groups in total. The second-order valence-electron chi connectivity index (χ2n) is 5.57. The molecule has 1 saturated heterocycles. The van der Waals surface area contributed by atoms with Crippen LogP contribution >= 0.6 is 11.6 Å². The van der Waals surface area contributed by atoms with Crippen molar-refractivity contribution >= 4 is 31.6 Å². The van der Waals surface area contributed by atoms with Crippen LogP contribution in [0.5, 0.6) is 0 Å². The van der Waals surface area contributed by atoms with Crippen LogP contribution in [0.3, 0.4) is 0 Å². The molecule has 0 spiro atoms. The molecule has 1 fully saturated rings. The van der Waals surface area contributed by atoms with Gasteiger partial charge in [0, 0.05) is 19.6 Å². The summed E-state index contributed by atoms with van der Waals surface area (Å²) in [7, 11) is -7.16. The van der Waals surface area contributed by atoms with Crippen LogP contribution in [0.15, 0.2) is 23.1 Å². The van der Waals surface area contributed by atoms with Crippen LogP contribution in [0.2, 0.25) is 5.02 Å². The lowest BCUT2D eigenvalue weighted by Gasteiger charge is -2.32. The van der Waals surface area contributed by atoms with E-state index in [1.165, 1.54) is 4.31 Å². The molecule has 0 bridgehead atoms. The Bertz CT molecular complexity index is 783. The van der Waals surface area contributed by atoms with Crippen molar-refractivity contribution in [2.45, 2.75) is 17.7 Å². The van der Waals surface area contributed by atoms with Gasteiger partial charge in [0.2, 0.25) is 20.0 Å². The second kappa shape index (κ2) is 7.02. The number of nitrogens with zero attached hydrogens (tertiary/aromatic N) is 1. The normalized spacial score (nSPS) is 20.6. The lowest BCUT2D eigenvalue weighted by atomic mass is 10.0. The summed E-state index contributed by atoms with van der Waals surface area (Å²) >= 11 is 5.85. The van der Waals surface area contributed by atoms with Gasteiger partial charge in [-0.25, -0.2) is 25.9 Å². The third-order valence-corrected chi connectivity index (χ3v) is 6.67. The minimum Gasteiger partial charge on any atom is -0.215 e. The minimum absolute atomic E-state index is 0.118. The molecule has 0 radical (unpaired) electrons. The zero-order valence-electron chi connectivity index (χ0n) is 12.5. The summed E-state index contributed by atoms with van der Waals surface area (Å²) in [5, 5.41) is -0.165. The molecule has 0 unspecified atom stereocenters. The first kappa shape index (κ1) is 18.6. The smallest absolute Gasteiger partial charge is 0.215 e. The van der Waals surface area contributed by atoms with Gasteiger partial charge in [0.15, 0.2) is 0 Å². The van der Waals surface area contributed by atoms with E-state index in [2.05, 4.69) is 4.72 Å². The number of hydrogen-bond acceptors (Lipinski definition) is 4. The van der Waals surface area contributed by atoms with Crippen molar-refractivity contribution in [1.82, 2.24) is 9.03 Å². The first-order valence-electron chi connectivity index (χ1n) is 6.99. The maximum atomic E-state index is 13.1. The van der Waals surface area contributed by atoms with Crippen LogP contribution in [0.1, 0.15) is 12.8 Å². The van der Waals surface area contributed by atoms with E-state index in [-0.39, 0.29) is 28.9 Å². The topological polar surface area (TPSA) is 83.6 Å². The van der Waals surface area contributed by atoms with Crippen molar-refractivity contribution < 1.29 is 21.2 Å². The maximum absolute atomic E-state index is 13.1. The third-order valence-electron chi connectivity index (χ3n) is 3.63. The molecule has 0 aliphatic carbocycles. The van der Waals surface area contributed by atoms with Gasteiger partial charge in [-0.3, -0.25) is 0 Å². The van der Waals surface area contributed by atoms with Crippen LogP contribution in [0.4, 0.5) is 4.39 Å². The molecule has 1 atom stereocenters. The quantitative estimate of drug-likeness (QED) is 0.832. The SMILES string of the molecule is CS(=O)(=O)NC[C@H]1CCCN(S(=O)(=O)c2ccc(F)cc2Cl)C1. The van der Waals surface area contributed by atoms with Crippen LogP contribution in [-0.4, -0.2) is 47.0 Å². The van der Waals surface area contributed by atoms with Gasteiger partial charge in [0.25, 0.3) is 0 Å². The van der Waals surface area contributed by atoms with Gasteiger partial charge in [0.05, 0.1) is 11.3 Å². The van der Waals surface area contributed by atoms with E-state index in [4.69, 9.17) is 11.6 Å². The highest BCUT2D eigenvalue weighted by Gasteiger charge is 2.31. The molecule has 1 aromatic rings. The van der Waals surface area contributed by atoms with Gasteiger partial charge < -0.3 is 0 Å². The van der Waals surface area contributed by atoms with E-state index >= 15 is 0 Å². The Morgan fingerprint density at radius 2 is 2.04 bits per heavy atom. The Labute approximate surface area is 140 Å². The van der Waals surface area contributed by atoms with Crippen molar-refractivity contribution in [2.75, 3.05) is 25.9 Å². The molecule has 2 rings (SSSR count). The molecule has 1 aliphatic rings. The predicted molar refractivity (Wildman–Crippen MR) is 85.7 cm³/mol. The van der Waals surface area contributed by atoms with Crippen LogP contribution < -0.4 is 4.72 Å². The Morgan fingerprint density at radius 3 is 2.65 bits per heavy atom. The molecule has 10 heteroatoms. The van der Waals surface area contributed by atoms with Crippen LogP contribution in [0.25, 0.3) is 0 Å². The van der Waals surface area contributed by atoms with Crippen molar-refractivity contribution in [1.29, 1.82) is 0 Å². The van der Waals surface area contributed by atoms with Gasteiger partial charge in [-0.05, 0) is 37.0 Å². The minimum atomic E-state index is -3.84. The Morgan fingerprint density at radius 1 is 1.35 bits per heavy atom. The first-order chi connectivity index (χ1) is 10.6. The lowest BCUT2D eigenvalue weighted by Crippen LogP contribution is -2.43. The van der Waals surface area contributed by atoms with E-state index in [9.17, 15) is 21.2 Å². The summed E-state index contributed by atoms with van der Waals surface area (Å²) in [5.74, 6) is -0.727. The summed E-state index contributed by atoms with van der Waals surface area (Å²) in [5.41, 5.74) is 0. The number of sulfonamides is 2. The number of benzene rings is 1. The zero-order valence-corrected chi connectivity index (χ0v) is 14.9. The maximum Gasteiger partial charge on any atom is 0.244 e. The Kier molecular flexibility index (Phi) is 5.68. The molecule has 23 heavy (non-hydrogen) atoms. The zero-order chi connectivity index (χ0) is 17.3. The summed E-state index contributed by atoms with van der Waals surface area (Å²) in [6.07, 6.45) is 2.41. The summed E-state index contributed by atoms with van der Waals surface area (Å²) < 4.78 is 64.4. The number of nitrogens with one attached hydrogen (secondary N) is 1. The summed E-state index contributed by atoms with van der Waals surface area (Å²) in [6, 6.07) is 3.15. The first-order valence-corrected chi connectivity index (χ1v) is 10.7. The van der Waals surface area contributed by atoms with E-state index in [0.29, 0.717) is 13.0 Å². The number of hydrogen-bond donors (Lipinski definition) is 1. The molecule has 0 amide bonds. The van der Waals surface area contributed by atoms with Crippen LogP contribution in [-0.2, 0) is 20.0 Å². The molecular weight excluding hydrogens is 367 g/mol. The van der Waals surface area contributed by atoms with Gasteiger partial charge >= 0.3 is 0 Å². The van der Waals surface area contributed by atoms with Crippen LogP contribution in [0, 0.1) is 11.7 Å². The Hall–Kier alpha value is -0.740. The van der Waals surface area contributed by atoms with E-state index in [1.54, 1.807) is 0 Å². The molecule has 1 aliphatic heterocycles. The van der Waals surface area contributed by atoms with E-state index in [1.807, 2.05) is 0 Å². The van der Waals surface area contributed by atoms with Crippen molar-refractivity contribution in [3.63, 3.8) is 0 Å². The average Bonchev–Trinajstić information content (AvgIpc) is 2.44. The fourth-order valence-electron chi connectivity index (χ4n) is 2.50. The lowest BCUT2D eigenvalue weighted by molar-refractivity contribution is 0.267. The molecule has 130 valence electrons. The monoisotopic (exact) mass is 384 g/mol. The van der Waals surface area contributed by atoms with E-state index in [0.717, 1.165) is 30.9 Å². The van der Waals surface area contributed by atoms with E-state index < -0.39 is 25.9 Å². The second-order valence-corrected chi connectivity index (χ2v) is 9.71. The van der Waals surface area contributed by atoms with Crippen molar-refractivity contribution in [3.05, 3.63) is 29.0 Å². The number of piperidine rings is 1. The fourth-order valence-corrected chi connectivity index (χ4v) is 5.10. The standard InChI is InChI=1S/C13H18ClFN2O4S2/c1-22(18,19)16-8-10-3-2-6-17(9-10)23(20,21)13-5-4-11(15)7-12(13)14/h4-5,7,10,16H,2-3,6,8-9H2,1H3/t10-/m1/s1. The Balaban J connectivity index is 2.16. The largest absolute Gasteiger partial charge is 0.244 e. The molecular formula is C13H18ClFN2O4S2. The fraction of sp³-hybridized carbons (Fsp3) is 0.538. The van der Waals surface area contributed by atoms with Gasteiger partial charge in [-0.2, -0.15) is 4.31 Å². The number of halogens is 2.